The SMILES string of the molecule is CC(=O)N1CCc2cc#ccc21. The summed E-state index contributed by atoms with van der Waals surface area (Å²) in [4.78, 5) is 12.9. The van der Waals surface area contributed by atoms with E-state index in [1.54, 1.807) is 11.8 Å². The molecule has 1 amide bonds. The summed E-state index contributed by atoms with van der Waals surface area (Å²) in [6, 6.07) is 9.47. The molecule has 1 heterocycles. The fourth-order valence-corrected chi connectivity index (χ4v) is 1.54. The van der Waals surface area contributed by atoms with Crippen LogP contribution in [0.1, 0.15) is 12.5 Å². The van der Waals surface area contributed by atoms with Crippen LogP contribution < -0.4 is 4.90 Å². The molecule has 0 fully saturated rings. The van der Waals surface area contributed by atoms with Crippen LogP contribution >= 0.6 is 0 Å². The standard InChI is InChI=1S/C10H9NO/c1-8(12)11-7-6-9-4-2-3-5-10(9)11/h4-5H,6-7H2,1H3. The van der Waals surface area contributed by atoms with Gasteiger partial charge in [0.25, 0.3) is 0 Å². The molecule has 12 heavy (non-hydrogen) atoms. The zero-order valence-corrected chi connectivity index (χ0v) is 6.92. The van der Waals surface area contributed by atoms with Crippen molar-refractivity contribution >= 4 is 11.6 Å². The number of fused-ring (bicyclic) bond motifs is 1. The molecule has 2 rings (SSSR count). The number of hydrogen-bond acceptors (Lipinski definition) is 1. The number of carbonyl (C=O) groups is 1. The van der Waals surface area contributed by atoms with Crippen molar-refractivity contribution in [2.24, 2.45) is 0 Å². The number of anilines is 1. The molecule has 60 valence electrons. The van der Waals surface area contributed by atoms with Gasteiger partial charge < -0.3 is 4.90 Å². The summed E-state index contributed by atoms with van der Waals surface area (Å²) in [5.41, 5.74) is 2.20. The largest absolute Gasteiger partial charge is 0.311 e. The monoisotopic (exact) mass is 159 g/mol. The lowest BCUT2D eigenvalue weighted by Crippen LogP contribution is -2.25. The molecule has 0 N–H and O–H groups in total. The smallest absolute Gasteiger partial charge is 0.223 e. The van der Waals surface area contributed by atoms with E-state index in [0.29, 0.717) is 0 Å². The fraction of sp³-hybridized carbons (Fsp3) is 0.300. The van der Waals surface area contributed by atoms with Crippen LogP contribution in [0.4, 0.5) is 5.69 Å². The minimum atomic E-state index is 0.105. The Balaban J connectivity index is 2.42. The molecular weight excluding hydrogens is 150 g/mol. The molecule has 0 aliphatic carbocycles. The normalized spacial score (nSPS) is 13.9. The summed E-state index contributed by atoms with van der Waals surface area (Å²) >= 11 is 0. The number of rotatable bonds is 0. The van der Waals surface area contributed by atoms with Crippen LogP contribution in [-0.4, -0.2) is 12.5 Å². The molecule has 0 saturated carbocycles. The molecule has 0 spiro atoms. The first-order valence-electron chi connectivity index (χ1n) is 3.98. The Hall–Kier alpha value is -1.49. The summed E-state index contributed by atoms with van der Waals surface area (Å²) < 4.78 is 0. The van der Waals surface area contributed by atoms with Crippen LogP contribution in [-0.2, 0) is 11.2 Å². The van der Waals surface area contributed by atoms with Gasteiger partial charge in [-0.05, 0) is 18.1 Å². The maximum atomic E-state index is 11.1. The topological polar surface area (TPSA) is 20.3 Å². The zero-order valence-electron chi connectivity index (χ0n) is 6.92. The first-order chi connectivity index (χ1) is 5.79. The van der Waals surface area contributed by atoms with Crippen molar-refractivity contribution in [1.82, 2.24) is 0 Å². The van der Waals surface area contributed by atoms with E-state index < -0.39 is 0 Å². The minimum Gasteiger partial charge on any atom is -0.311 e. The van der Waals surface area contributed by atoms with Gasteiger partial charge in [-0.1, -0.05) is 12.1 Å². The van der Waals surface area contributed by atoms with E-state index in [1.807, 2.05) is 12.1 Å². The Morgan fingerprint density at radius 2 is 2.25 bits per heavy atom. The molecule has 2 heteroatoms. The van der Waals surface area contributed by atoms with Crippen LogP contribution in [0, 0.1) is 12.1 Å². The number of amides is 1. The first kappa shape index (κ1) is 7.17. The number of hydrogen-bond donors (Lipinski definition) is 0. The van der Waals surface area contributed by atoms with E-state index >= 15 is 0 Å². The average Bonchev–Trinajstić information content (AvgIpc) is 2.47. The third kappa shape index (κ3) is 0.947. The molecule has 0 aromatic heterocycles. The van der Waals surface area contributed by atoms with Crippen molar-refractivity contribution in [2.45, 2.75) is 13.3 Å². The van der Waals surface area contributed by atoms with Crippen LogP contribution in [0.5, 0.6) is 0 Å². The predicted octanol–water partition coefficient (Wildman–Crippen LogP) is 1.20. The van der Waals surface area contributed by atoms with Crippen molar-refractivity contribution < 1.29 is 4.79 Å². The maximum Gasteiger partial charge on any atom is 0.223 e. The quantitative estimate of drug-likeness (QED) is 0.557. The molecule has 1 aromatic carbocycles. The van der Waals surface area contributed by atoms with Gasteiger partial charge in [-0.25, -0.2) is 0 Å². The van der Waals surface area contributed by atoms with Crippen molar-refractivity contribution in [3.05, 3.63) is 29.8 Å². The lowest BCUT2D eigenvalue weighted by Gasteiger charge is -2.12. The second-order valence-electron chi connectivity index (χ2n) is 2.91. The molecular formula is C10H9NO. The Bertz CT molecular complexity index is 319. The van der Waals surface area contributed by atoms with Gasteiger partial charge >= 0.3 is 0 Å². The molecule has 0 atom stereocenters. The lowest BCUT2D eigenvalue weighted by molar-refractivity contribution is -0.116. The summed E-state index contributed by atoms with van der Waals surface area (Å²) in [5.74, 6) is 0.105. The van der Waals surface area contributed by atoms with Gasteiger partial charge in [0, 0.05) is 19.5 Å². The molecule has 1 aromatic rings. The second kappa shape index (κ2) is 2.53. The maximum absolute atomic E-state index is 11.1. The Morgan fingerprint density at radius 3 is 3.00 bits per heavy atom. The Kier molecular flexibility index (Phi) is 1.51. The summed E-state index contributed by atoms with van der Waals surface area (Å²) in [6.45, 7) is 2.39. The highest BCUT2D eigenvalue weighted by atomic mass is 16.2. The van der Waals surface area contributed by atoms with E-state index in [1.165, 1.54) is 5.56 Å². The molecule has 0 saturated heterocycles. The lowest BCUT2D eigenvalue weighted by atomic mass is 10.2. The van der Waals surface area contributed by atoms with Crippen LogP contribution in [0.15, 0.2) is 12.1 Å². The van der Waals surface area contributed by atoms with Crippen LogP contribution in [0.25, 0.3) is 0 Å². The van der Waals surface area contributed by atoms with Crippen molar-refractivity contribution in [3.8, 4) is 0 Å². The zero-order chi connectivity index (χ0) is 8.55. The molecule has 2 nitrogen and oxygen atoms in total. The summed E-state index contributed by atoms with van der Waals surface area (Å²) in [7, 11) is 0. The highest BCUT2D eigenvalue weighted by Gasteiger charge is 2.20. The summed E-state index contributed by atoms with van der Waals surface area (Å²) in [5, 5.41) is 0. The minimum absolute atomic E-state index is 0.105. The highest BCUT2D eigenvalue weighted by Crippen LogP contribution is 2.25. The molecule has 0 bridgehead atoms. The Labute approximate surface area is 71.8 Å². The molecule has 0 unspecified atom stereocenters. The first-order valence-corrected chi connectivity index (χ1v) is 3.98. The molecule has 0 radical (unpaired) electrons. The van der Waals surface area contributed by atoms with Crippen molar-refractivity contribution in [2.75, 3.05) is 11.4 Å². The van der Waals surface area contributed by atoms with Gasteiger partial charge in [0.05, 0.1) is 5.69 Å². The van der Waals surface area contributed by atoms with E-state index in [-0.39, 0.29) is 5.91 Å². The van der Waals surface area contributed by atoms with E-state index in [2.05, 4.69) is 12.1 Å². The highest BCUT2D eigenvalue weighted by molar-refractivity contribution is 5.93. The van der Waals surface area contributed by atoms with Crippen LogP contribution in [0.3, 0.4) is 0 Å². The summed E-state index contributed by atoms with van der Waals surface area (Å²) in [6.07, 6.45) is 0.945. The van der Waals surface area contributed by atoms with Gasteiger partial charge in [-0.2, -0.15) is 0 Å². The fourth-order valence-electron chi connectivity index (χ4n) is 1.54. The van der Waals surface area contributed by atoms with Gasteiger partial charge in [0.15, 0.2) is 0 Å². The third-order valence-corrected chi connectivity index (χ3v) is 2.14. The van der Waals surface area contributed by atoms with Gasteiger partial charge in [-0.3, -0.25) is 4.79 Å². The Morgan fingerprint density at radius 1 is 1.50 bits per heavy atom. The van der Waals surface area contributed by atoms with Gasteiger partial charge in [0.2, 0.25) is 5.91 Å². The van der Waals surface area contributed by atoms with E-state index in [4.69, 9.17) is 0 Å². The molecule has 1 aliphatic rings. The van der Waals surface area contributed by atoms with Gasteiger partial charge in [-0.15, -0.1) is 0 Å². The average molecular weight is 159 g/mol. The van der Waals surface area contributed by atoms with E-state index in [9.17, 15) is 4.79 Å². The van der Waals surface area contributed by atoms with Gasteiger partial charge in [0.1, 0.15) is 0 Å². The molecule has 1 aliphatic heterocycles. The van der Waals surface area contributed by atoms with E-state index in [0.717, 1.165) is 18.7 Å². The third-order valence-electron chi connectivity index (χ3n) is 2.14. The second-order valence-corrected chi connectivity index (χ2v) is 2.91. The van der Waals surface area contributed by atoms with Crippen LogP contribution in [0.2, 0.25) is 0 Å². The predicted molar refractivity (Wildman–Crippen MR) is 45.8 cm³/mol. The number of carbonyl (C=O) groups excluding carboxylic acids is 1. The van der Waals surface area contributed by atoms with Crippen molar-refractivity contribution in [1.29, 1.82) is 0 Å². The number of nitrogens with zero attached hydrogens (tertiary/aromatic N) is 1. The van der Waals surface area contributed by atoms with Crippen molar-refractivity contribution in [3.63, 3.8) is 0 Å².